The number of aromatic nitrogens is 5. The molecule has 0 fully saturated rings. The van der Waals surface area contributed by atoms with E-state index in [1.807, 2.05) is 30.3 Å². The molecule has 0 aliphatic carbocycles. The minimum Gasteiger partial charge on any atom is -0.494 e. The average Bonchev–Trinajstić information content (AvgIpc) is 3.38. The number of nitrogens with zero attached hydrogens (tertiary/aromatic N) is 5. The third-order valence-corrected chi connectivity index (χ3v) is 5.50. The minimum absolute atomic E-state index is 0.0169. The number of benzene rings is 2. The van der Waals surface area contributed by atoms with Crippen LogP contribution in [0.2, 0.25) is 0 Å². The molecule has 0 amide bonds. The normalized spacial score (nSPS) is 11.4. The van der Waals surface area contributed by atoms with E-state index in [1.54, 1.807) is 12.3 Å². The number of alkyl halides is 3. The number of halogens is 3. The predicted molar refractivity (Wildman–Crippen MR) is 127 cm³/mol. The minimum atomic E-state index is -4.51. The summed E-state index contributed by atoms with van der Waals surface area (Å²) in [6.45, 7) is 0. The van der Waals surface area contributed by atoms with Crippen LogP contribution >= 0.6 is 0 Å². The van der Waals surface area contributed by atoms with Gasteiger partial charge in [0, 0.05) is 24.0 Å². The first-order valence-corrected chi connectivity index (χ1v) is 10.8. The van der Waals surface area contributed by atoms with Gasteiger partial charge in [-0.25, -0.2) is 9.36 Å². The molecule has 7 nitrogen and oxygen atoms in total. The molecule has 3 heterocycles. The van der Waals surface area contributed by atoms with Crippen molar-refractivity contribution in [2.45, 2.75) is 6.18 Å². The summed E-state index contributed by atoms with van der Waals surface area (Å²) in [5, 5.41) is 8.62. The molecule has 0 saturated carbocycles. The van der Waals surface area contributed by atoms with E-state index < -0.39 is 17.2 Å². The second-order valence-electron chi connectivity index (χ2n) is 7.75. The Bertz CT molecular complexity index is 1590. The highest BCUT2D eigenvalue weighted by Gasteiger charge is 2.30. The van der Waals surface area contributed by atoms with Gasteiger partial charge >= 0.3 is 6.18 Å². The van der Waals surface area contributed by atoms with Crippen LogP contribution in [0.15, 0.2) is 96.2 Å². The van der Waals surface area contributed by atoms with Gasteiger partial charge in [0.1, 0.15) is 11.4 Å². The average molecular weight is 489 g/mol. The molecule has 0 spiro atoms. The summed E-state index contributed by atoms with van der Waals surface area (Å²) in [5.74, 6) is 0.492. The van der Waals surface area contributed by atoms with Crippen molar-refractivity contribution < 1.29 is 17.9 Å². The Morgan fingerprint density at radius 1 is 0.917 bits per heavy atom. The number of rotatable bonds is 5. The van der Waals surface area contributed by atoms with Crippen molar-refractivity contribution in [2.24, 2.45) is 0 Å². The Balaban J connectivity index is 1.59. The van der Waals surface area contributed by atoms with Crippen molar-refractivity contribution in [1.82, 2.24) is 24.5 Å². The van der Waals surface area contributed by atoms with E-state index in [-0.39, 0.29) is 17.1 Å². The summed E-state index contributed by atoms with van der Waals surface area (Å²) < 4.78 is 48.0. The van der Waals surface area contributed by atoms with E-state index in [1.165, 1.54) is 53.1 Å². The number of hydrogen-bond donors (Lipinski definition) is 0. The number of hydrogen-bond acceptors (Lipinski definition) is 5. The summed E-state index contributed by atoms with van der Waals surface area (Å²) >= 11 is 0. The summed E-state index contributed by atoms with van der Waals surface area (Å²) in [5.41, 5.74) is 1.34. The van der Waals surface area contributed by atoms with Crippen LogP contribution < -0.4 is 10.2 Å². The standard InChI is InChI=1S/C26H18F3N5O2/c1-36-24-15-17(20-7-2-3-12-30-20)8-9-21(24)33-14-11-23(35)25(32-33)22-10-13-31-34(22)19-6-4-5-18(16-19)26(27,28)29/h2-16H,1H3. The topological polar surface area (TPSA) is 74.8 Å². The van der Waals surface area contributed by atoms with Gasteiger partial charge in [0.2, 0.25) is 5.43 Å². The molecule has 2 aromatic carbocycles. The Labute approximate surface area is 203 Å². The molecule has 0 aliphatic heterocycles. The monoisotopic (exact) mass is 489 g/mol. The van der Waals surface area contributed by atoms with E-state index in [0.29, 0.717) is 11.4 Å². The number of ether oxygens (including phenoxy) is 1. The van der Waals surface area contributed by atoms with E-state index in [9.17, 15) is 18.0 Å². The Morgan fingerprint density at radius 2 is 1.78 bits per heavy atom. The Hall–Kier alpha value is -4.73. The fourth-order valence-corrected chi connectivity index (χ4v) is 3.78. The van der Waals surface area contributed by atoms with Crippen LogP contribution in [0.1, 0.15) is 5.56 Å². The van der Waals surface area contributed by atoms with Gasteiger partial charge in [-0.2, -0.15) is 23.4 Å². The van der Waals surface area contributed by atoms with Gasteiger partial charge in [0.05, 0.1) is 35.9 Å². The zero-order valence-electron chi connectivity index (χ0n) is 18.8. The lowest BCUT2D eigenvalue weighted by Gasteiger charge is -2.14. The quantitative estimate of drug-likeness (QED) is 0.340. The van der Waals surface area contributed by atoms with Crippen molar-refractivity contribution in [3.8, 4) is 39.8 Å². The van der Waals surface area contributed by atoms with Crippen molar-refractivity contribution >= 4 is 0 Å². The van der Waals surface area contributed by atoms with Crippen LogP contribution in [0.25, 0.3) is 34.0 Å². The van der Waals surface area contributed by atoms with Crippen molar-refractivity contribution in [2.75, 3.05) is 7.11 Å². The second kappa shape index (κ2) is 9.14. The Kier molecular flexibility index (Phi) is 5.85. The molecule has 5 rings (SSSR count). The van der Waals surface area contributed by atoms with E-state index in [0.717, 1.165) is 23.4 Å². The largest absolute Gasteiger partial charge is 0.494 e. The fraction of sp³-hybridized carbons (Fsp3) is 0.0769. The highest BCUT2D eigenvalue weighted by atomic mass is 19.4. The van der Waals surface area contributed by atoms with Gasteiger partial charge in [-0.1, -0.05) is 18.2 Å². The van der Waals surface area contributed by atoms with Crippen LogP contribution in [0.3, 0.4) is 0 Å². The first kappa shape index (κ1) is 23.0. The van der Waals surface area contributed by atoms with Gasteiger partial charge in [-0.3, -0.25) is 9.78 Å². The number of pyridine rings is 1. The second-order valence-corrected chi connectivity index (χ2v) is 7.75. The van der Waals surface area contributed by atoms with Crippen LogP contribution in [0.4, 0.5) is 13.2 Å². The van der Waals surface area contributed by atoms with E-state index in [2.05, 4.69) is 15.2 Å². The first-order chi connectivity index (χ1) is 17.3. The molecule has 0 atom stereocenters. The maximum atomic E-state index is 13.2. The molecule has 180 valence electrons. The highest BCUT2D eigenvalue weighted by Crippen LogP contribution is 2.31. The molecule has 0 aliphatic rings. The summed E-state index contributed by atoms with van der Waals surface area (Å²) in [6, 6.07) is 18.6. The van der Waals surface area contributed by atoms with Gasteiger partial charge in [-0.05, 0) is 48.5 Å². The van der Waals surface area contributed by atoms with E-state index in [4.69, 9.17) is 4.74 Å². The molecule has 36 heavy (non-hydrogen) atoms. The molecule has 10 heteroatoms. The SMILES string of the molecule is COc1cc(-c2ccccn2)ccc1-n1ccc(=O)c(-c2ccnn2-c2cccc(C(F)(F)F)c2)n1. The lowest BCUT2D eigenvalue weighted by atomic mass is 10.1. The third kappa shape index (κ3) is 4.36. The fourth-order valence-electron chi connectivity index (χ4n) is 3.78. The highest BCUT2D eigenvalue weighted by molar-refractivity contribution is 5.65. The summed E-state index contributed by atoms with van der Waals surface area (Å²) in [7, 11) is 1.52. The maximum Gasteiger partial charge on any atom is 0.416 e. The van der Waals surface area contributed by atoms with Crippen LogP contribution in [0, 0.1) is 0 Å². The Morgan fingerprint density at radius 3 is 2.53 bits per heavy atom. The van der Waals surface area contributed by atoms with Crippen molar-refractivity contribution in [1.29, 1.82) is 0 Å². The van der Waals surface area contributed by atoms with Crippen molar-refractivity contribution in [3.05, 3.63) is 107 Å². The molecule has 0 N–H and O–H groups in total. The van der Waals surface area contributed by atoms with Crippen LogP contribution in [0.5, 0.6) is 5.75 Å². The third-order valence-electron chi connectivity index (χ3n) is 5.50. The number of methoxy groups -OCH3 is 1. The predicted octanol–water partition coefficient (Wildman–Crippen LogP) is 5.17. The van der Waals surface area contributed by atoms with Gasteiger partial charge in [0.15, 0.2) is 5.69 Å². The zero-order valence-corrected chi connectivity index (χ0v) is 18.8. The summed E-state index contributed by atoms with van der Waals surface area (Å²) in [6.07, 6.45) is 0.0727. The molecule has 0 radical (unpaired) electrons. The smallest absolute Gasteiger partial charge is 0.416 e. The van der Waals surface area contributed by atoms with Crippen LogP contribution in [-0.4, -0.2) is 31.7 Å². The van der Waals surface area contributed by atoms with Gasteiger partial charge in [-0.15, -0.1) is 0 Å². The van der Waals surface area contributed by atoms with Crippen molar-refractivity contribution in [3.63, 3.8) is 0 Å². The molecule has 3 aromatic heterocycles. The molecule has 0 unspecified atom stereocenters. The molecule has 0 saturated heterocycles. The maximum absolute atomic E-state index is 13.2. The molecular formula is C26H18F3N5O2. The summed E-state index contributed by atoms with van der Waals surface area (Å²) in [4.78, 5) is 17.1. The van der Waals surface area contributed by atoms with Gasteiger partial charge < -0.3 is 4.74 Å². The molecular weight excluding hydrogens is 471 g/mol. The lowest BCUT2D eigenvalue weighted by molar-refractivity contribution is -0.137. The zero-order chi connectivity index (χ0) is 25.3. The van der Waals surface area contributed by atoms with Crippen LogP contribution in [-0.2, 0) is 6.18 Å². The first-order valence-electron chi connectivity index (χ1n) is 10.8. The lowest BCUT2D eigenvalue weighted by Crippen LogP contribution is -2.15. The van der Waals surface area contributed by atoms with E-state index >= 15 is 0 Å². The molecule has 0 bridgehead atoms. The van der Waals surface area contributed by atoms with Gasteiger partial charge in [0.25, 0.3) is 0 Å². The molecule has 5 aromatic rings.